The number of nitrogens with zero attached hydrogens (tertiary/aromatic N) is 3. The maximum Gasteiger partial charge on any atom is 0.358 e. The number of aromatic nitrogens is 2. The van der Waals surface area contributed by atoms with E-state index >= 15 is 0 Å². The molecule has 9 heteroatoms. The number of carbonyl (C=O) groups excluding carboxylic acids is 2. The Morgan fingerprint density at radius 2 is 1.76 bits per heavy atom. The molecule has 34 heavy (non-hydrogen) atoms. The second kappa shape index (κ2) is 10.5. The molecule has 1 amide bonds. The van der Waals surface area contributed by atoms with E-state index in [0.29, 0.717) is 41.5 Å². The highest BCUT2D eigenvalue weighted by atomic mass is 35.5. The van der Waals surface area contributed by atoms with E-state index < -0.39 is 5.97 Å². The predicted octanol–water partition coefficient (Wildman–Crippen LogP) is 5.52. The Morgan fingerprint density at radius 1 is 1.06 bits per heavy atom. The van der Waals surface area contributed by atoms with Crippen molar-refractivity contribution in [1.82, 2.24) is 14.7 Å². The minimum Gasteiger partial charge on any atom is -0.497 e. The lowest BCUT2D eigenvalue weighted by molar-refractivity contribution is 0.0517. The fraction of sp³-hybridized carbons (Fsp3) is 0.320. The first-order valence-electron chi connectivity index (χ1n) is 11.1. The van der Waals surface area contributed by atoms with Gasteiger partial charge in [0, 0.05) is 23.7 Å². The Balaban J connectivity index is 1.56. The molecule has 0 radical (unpaired) electrons. The van der Waals surface area contributed by atoms with Crippen LogP contribution in [0.25, 0.3) is 11.3 Å². The maximum absolute atomic E-state index is 13.0. The fourth-order valence-electron chi connectivity index (χ4n) is 4.10. The molecule has 4 rings (SSSR count). The fourth-order valence-corrected chi connectivity index (χ4v) is 4.59. The van der Waals surface area contributed by atoms with Gasteiger partial charge in [-0.15, -0.1) is 0 Å². The molecule has 0 atom stereocenters. The van der Waals surface area contributed by atoms with Crippen molar-refractivity contribution in [3.63, 3.8) is 0 Å². The van der Waals surface area contributed by atoms with Crippen molar-refractivity contribution >= 4 is 35.1 Å². The van der Waals surface area contributed by atoms with Gasteiger partial charge in [-0.05, 0) is 68.3 Å². The topological polar surface area (TPSA) is 73.7 Å². The summed E-state index contributed by atoms with van der Waals surface area (Å²) in [5, 5.41) is 5.42. The van der Waals surface area contributed by atoms with Crippen LogP contribution in [0.4, 0.5) is 0 Å². The third-order valence-corrected chi connectivity index (χ3v) is 6.41. The SMILES string of the molecule is CCOC(=O)c1cc(-c2ccc(OC)cc2)n(C2CCN(C(=O)c3ccc(Cl)cc3Cl)CC2)n1. The van der Waals surface area contributed by atoms with Crippen molar-refractivity contribution in [2.24, 2.45) is 0 Å². The lowest BCUT2D eigenvalue weighted by Gasteiger charge is -2.33. The molecule has 1 saturated heterocycles. The molecule has 2 aromatic carbocycles. The lowest BCUT2D eigenvalue weighted by atomic mass is 10.0. The second-order valence-corrected chi connectivity index (χ2v) is 8.80. The molecule has 0 spiro atoms. The number of piperidine rings is 1. The molecule has 1 aromatic heterocycles. The third-order valence-electron chi connectivity index (χ3n) is 5.87. The highest BCUT2D eigenvalue weighted by Crippen LogP contribution is 2.32. The van der Waals surface area contributed by atoms with Crippen LogP contribution in [0.15, 0.2) is 48.5 Å². The molecule has 0 unspecified atom stereocenters. The average Bonchev–Trinajstić information content (AvgIpc) is 3.30. The zero-order valence-electron chi connectivity index (χ0n) is 19.0. The first-order chi connectivity index (χ1) is 16.4. The summed E-state index contributed by atoms with van der Waals surface area (Å²) in [6.45, 7) is 3.12. The van der Waals surface area contributed by atoms with E-state index in [1.54, 1.807) is 43.2 Å². The van der Waals surface area contributed by atoms with Crippen LogP contribution in [0.1, 0.15) is 46.7 Å². The molecule has 1 aliphatic rings. The Labute approximate surface area is 208 Å². The standard InChI is InChI=1S/C25H25Cl2N3O4/c1-3-34-25(32)22-15-23(16-4-7-19(33-2)8-5-16)30(28-22)18-10-12-29(13-11-18)24(31)20-9-6-17(26)14-21(20)27/h4-9,14-15,18H,3,10-13H2,1-2H3. The molecule has 178 valence electrons. The van der Waals surface area contributed by atoms with Gasteiger partial charge in [-0.2, -0.15) is 5.10 Å². The third kappa shape index (κ3) is 5.05. The summed E-state index contributed by atoms with van der Waals surface area (Å²) < 4.78 is 12.3. The normalized spacial score (nSPS) is 14.2. The van der Waals surface area contributed by atoms with Gasteiger partial charge in [0.05, 0.1) is 36.0 Å². The van der Waals surface area contributed by atoms with Crippen LogP contribution in [0.5, 0.6) is 5.75 Å². The summed E-state index contributed by atoms with van der Waals surface area (Å²) in [5.41, 5.74) is 2.43. The molecule has 0 bridgehead atoms. The van der Waals surface area contributed by atoms with Crippen LogP contribution in [0.2, 0.25) is 10.0 Å². The minimum absolute atomic E-state index is 0.0185. The molecule has 2 heterocycles. The van der Waals surface area contributed by atoms with Crippen molar-refractivity contribution in [3.8, 4) is 17.0 Å². The second-order valence-electron chi connectivity index (χ2n) is 7.96. The Bertz CT molecular complexity index is 1190. The number of methoxy groups -OCH3 is 1. The highest BCUT2D eigenvalue weighted by molar-refractivity contribution is 6.36. The highest BCUT2D eigenvalue weighted by Gasteiger charge is 2.29. The van der Waals surface area contributed by atoms with Crippen molar-refractivity contribution in [1.29, 1.82) is 0 Å². The number of carbonyl (C=O) groups is 2. The van der Waals surface area contributed by atoms with Gasteiger partial charge in [-0.25, -0.2) is 4.79 Å². The first-order valence-corrected chi connectivity index (χ1v) is 11.8. The smallest absolute Gasteiger partial charge is 0.358 e. The van der Waals surface area contributed by atoms with Crippen LogP contribution in [0, 0.1) is 0 Å². The Morgan fingerprint density at radius 3 is 2.38 bits per heavy atom. The Kier molecular flexibility index (Phi) is 7.44. The molecule has 0 N–H and O–H groups in total. The zero-order chi connectivity index (χ0) is 24.2. The van der Waals surface area contributed by atoms with E-state index in [4.69, 9.17) is 32.7 Å². The molecule has 1 aliphatic heterocycles. The van der Waals surface area contributed by atoms with E-state index in [0.717, 1.165) is 17.0 Å². The molecule has 0 saturated carbocycles. The van der Waals surface area contributed by atoms with Gasteiger partial charge in [-0.1, -0.05) is 23.2 Å². The van der Waals surface area contributed by atoms with E-state index in [2.05, 4.69) is 5.10 Å². The van der Waals surface area contributed by atoms with Crippen LogP contribution in [0.3, 0.4) is 0 Å². The molecule has 7 nitrogen and oxygen atoms in total. The number of likely N-dealkylation sites (tertiary alicyclic amines) is 1. The zero-order valence-corrected chi connectivity index (χ0v) is 20.5. The quantitative estimate of drug-likeness (QED) is 0.415. The van der Waals surface area contributed by atoms with Crippen LogP contribution in [-0.4, -0.2) is 53.4 Å². The average molecular weight is 502 g/mol. The molecular formula is C25H25Cl2N3O4. The number of hydrogen-bond acceptors (Lipinski definition) is 5. The summed E-state index contributed by atoms with van der Waals surface area (Å²) in [4.78, 5) is 27.2. The molecule has 0 aliphatic carbocycles. The molecule has 1 fully saturated rings. The lowest BCUT2D eigenvalue weighted by Crippen LogP contribution is -2.39. The minimum atomic E-state index is -0.457. The number of esters is 1. The van der Waals surface area contributed by atoms with Crippen LogP contribution < -0.4 is 4.74 Å². The van der Waals surface area contributed by atoms with Gasteiger partial charge >= 0.3 is 5.97 Å². The largest absolute Gasteiger partial charge is 0.497 e. The van der Waals surface area contributed by atoms with Crippen molar-refractivity contribution < 1.29 is 19.1 Å². The summed E-state index contributed by atoms with van der Waals surface area (Å²) >= 11 is 12.2. The van der Waals surface area contributed by atoms with Gasteiger partial charge in [0.25, 0.3) is 5.91 Å². The van der Waals surface area contributed by atoms with E-state index in [1.165, 1.54) is 0 Å². The number of ether oxygens (including phenoxy) is 2. The van der Waals surface area contributed by atoms with Crippen LogP contribution in [-0.2, 0) is 4.74 Å². The number of benzene rings is 2. The van der Waals surface area contributed by atoms with E-state index in [-0.39, 0.29) is 24.2 Å². The van der Waals surface area contributed by atoms with Gasteiger partial charge in [0.1, 0.15) is 5.75 Å². The number of hydrogen-bond donors (Lipinski definition) is 0. The summed E-state index contributed by atoms with van der Waals surface area (Å²) in [6, 6.07) is 14.3. The maximum atomic E-state index is 13.0. The Hall–Kier alpha value is -3.03. The van der Waals surface area contributed by atoms with Gasteiger partial charge in [-0.3, -0.25) is 9.48 Å². The van der Waals surface area contributed by atoms with Gasteiger partial charge in [0.15, 0.2) is 5.69 Å². The van der Waals surface area contributed by atoms with Gasteiger partial charge in [0.2, 0.25) is 0 Å². The monoisotopic (exact) mass is 501 g/mol. The van der Waals surface area contributed by atoms with Crippen molar-refractivity contribution in [2.75, 3.05) is 26.8 Å². The first kappa shape index (κ1) is 24.1. The van der Waals surface area contributed by atoms with Crippen molar-refractivity contribution in [3.05, 3.63) is 69.8 Å². The van der Waals surface area contributed by atoms with Crippen LogP contribution >= 0.6 is 23.2 Å². The van der Waals surface area contributed by atoms with Crippen molar-refractivity contribution in [2.45, 2.75) is 25.8 Å². The van der Waals surface area contributed by atoms with E-state index in [1.807, 2.05) is 28.9 Å². The number of halogens is 2. The summed E-state index contributed by atoms with van der Waals surface area (Å²) in [5.74, 6) is 0.164. The van der Waals surface area contributed by atoms with Gasteiger partial charge < -0.3 is 14.4 Å². The molecular weight excluding hydrogens is 477 g/mol. The summed E-state index contributed by atoms with van der Waals surface area (Å²) in [6.07, 6.45) is 1.37. The number of amides is 1. The summed E-state index contributed by atoms with van der Waals surface area (Å²) in [7, 11) is 1.62. The van der Waals surface area contributed by atoms with E-state index in [9.17, 15) is 9.59 Å². The number of rotatable bonds is 6. The molecule has 3 aromatic rings. The predicted molar refractivity (Wildman–Crippen MR) is 131 cm³/mol.